The molecular formula is C20H34O4. The van der Waals surface area contributed by atoms with E-state index in [0.717, 1.165) is 6.42 Å². The average molecular weight is 338 g/mol. The molecule has 138 valence electrons. The van der Waals surface area contributed by atoms with Crippen LogP contribution in [0.2, 0.25) is 0 Å². The minimum Gasteiger partial charge on any atom is -0.477 e. The second-order valence-corrected chi connectivity index (χ2v) is 7.00. The summed E-state index contributed by atoms with van der Waals surface area (Å²) < 4.78 is 0. The maximum Gasteiger partial charge on any atom is 0.364 e. The van der Waals surface area contributed by atoms with Gasteiger partial charge in [-0.2, -0.15) is 0 Å². The predicted octanol–water partition coefficient (Wildman–Crippen LogP) is 4.42. The number of aliphatic carboxylic acids is 1. The number of carboxylic acids is 1. The van der Waals surface area contributed by atoms with Crippen molar-refractivity contribution in [3.8, 4) is 0 Å². The van der Waals surface area contributed by atoms with E-state index in [2.05, 4.69) is 25.2 Å². The zero-order valence-corrected chi connectivity index (χ0v) is 15.0. The molecule has 0 spiro atoms. The third kappa shape index (κ3) is 8.11. The first-order valence-corrected chi connectivity index (χ1v) is 9.47. The van der Waals surface area contributed by atoms with Gasteiger partial charge in [0.05, 0.1) is 0 Å². The van der Waals surface area contributed by atoms with Crippen LogP contribution in [0.5, 0.6) is 0 Å². The maximum atomic E-state index is 10.6. The van der Waals surface area contributed by atoms with Crippen LogP contribution in [0.25, 0.3) is 0 Å². The molecule has 1 saturated carbocycles. The molecule has 0 aliphatic heterocycles. The first-order valence-electron chi connectivity index (χ1n) is 9.47. The standard InChI is InChI=1S/C20H34O4/c1-2-3-4-5-6-8-12-17-14-11-15-18(17)13-9-7-10-16-20(23,24)19(21)22/h7-9,12,17-18,23-24H,2-6,10-11,13-16H2,1H3,(H,21,22)/b9-7+,12-8?/t17-,18-/m0/s1. The third-order valence-corrected chi connectivity index (χ3v) is 4.93. The fourth-order valence-corrected chi connectivity index (χ4v) is 3.35. The molecule has 0 aromatic carbocycles. The molecule has 4 nitrogen and oxygen atoms in total. The zero-order chi connectivity index (χ0) is 17.8. The zero-order valence-electron chi connectivity index (χ0n) is 15.0. The molecule has 0 bridgehead atoms. The lowest BCUT2D eigenvalue weighted by Gasteiger charge is -2.15. The molecule has 3 N–H and O–H groups in total. The van der Waals surface area contributed by atoms with E-state index < -0.39 is 11.8 Å². The SMILES string of the molecule is CCCCCCC=C[C@H]1CCC[C@@H]1C/C=C/CCC(O)(O)C(=O)O. The summed E-state index contributed by atoms with van der Waals surface area (Å²) in [5.74, 6) is -2.87. The third-order valence-electron chi connectivity index (χ3n) is 4.93. The van der Waals surface area contributed by atoms with E-state index in [-0.39, 0.29) is 6.42 Å². The Kier molecular flexibility index (Phi) is 9.96. The minimum atomic E-state index is -2.61. The van der Waals surface area contributed by atoms with Crippen LogP contribution in [0.4, 0.5) is 0 Å². The van der Waals surface area contributed by atoms with Gasteiger partial charge < -0.3 is 15.3 Å². The van der Waals surface area contributed by atoms with Crippen molar-refractivity contribution in [2.75, 3.05) is 0 Å². The van der Waals surface area contributed by atoms with Crippen molar-refractivity contribution < 1.29 is 20.1 Å². The largest absolute Gasteiger partial charge is 0.477 e. The van der Waals surface area contributed by atoms with Crippen molar-refractivity contribution in [2.45, 2.75) is 83.3 Å². The Labute approximate surface area is 146 Å². The van der Waals surface area contributed by atoms with Crippen LogP contribution in [-0.4, -0.2) is 27.1 Å². The van der Waals surface area contributed by atoms with Crippen molar-refractivity contribution in [3.05, 3.63) is 24.3 Å². The van der Waals surface area contributed by atoms with Crippen LogP contribution in [0, 0.1) is 11.8 Å². The molecule has 24 heavy (non-hydrogen) atoms. The highest BCUT2D eigenvalue weighted by molar-refractivity contribution is 5.74. The fraction of sp³-hybridized carbons (Fsp3) is 0.750. The van der Waals surface area contributed by atoms with Crippen molar-refractivity contribution in [2.24, 2.45) is 11.8 Å². The molecule has 1 rings (SSSR count). The summed E-state index contributed by atoms with van der Waals surface area (Å²) >= 11 is 0. The fourth-order valence-electron chi connectivity index (χ4n) is 3.35. The molecule has 2 atom stereocenters. The van der Waals surface area contributed by atoms with Crippen molar-refractivity contribution in [1.29, 1.82) is 0 Å². The molecule has 1 fully saturated rings. The molecule has 0 saturated heterocycles. The molecule has 0 aromatic heterocycles. The van der Waals surface area contributed by atoms with Crippen LogP contribution in [0.1, 0.15) is 77.6 Å². The lowest BCUT2D eigenvalue weighted by molar-refractivity contribution is -0.205. The molecule has 0 unspecified atom stereocenters. The monoisotopic (exact) mass is 338 g/mol. The maximum absolute atomic E-state index is 10.6. The van der Waals surface area contributed by atoms with E-state index >= 15 is 0 Å². The van der Waals surface area contributed by atoms with Crippen molar-refractivity contribution in [3.63, 3.8) is 0 Å². The summed E-state index contributed by atoms with van der Waals surface area (Å²) in [4.78, 5) is 10.6. The Balaban J connectivity index is 2.24. The van der Waals surface area contributed by atoms with Gasteiger partial charge in [-0.1, -0.05) is 56.9 Å². The Morgan fingerprint density at radius 1 is 1.08 bits per heavy atom. The summed E-state index contributed by atoms with van der Waals surface area (Å²) in [6.45, 7) is 2.23. The molecule has 4 heteroatoms. The minimum absolute atomic E-state index is 0.176. The van der Waals surface area contributed by atoms with E-state index in [1.165, 1.54) is 51.4 Å². The molecule has 1 aliphatic rings. The van der Waals surface area contributed by atoms with Gasteiger partial charge in [-0.15, -0.1) is 0 Å². The first kappa shape index (κ1) is 20.9. The van der Waals surface area contributed by atoms with E-state index in [9.17, 15) is 15.0 Å². The number of hydrogen-bond donors (Lipinski definition) is 3. The van der Waals surface area contributed by atoms with Crippen LogP contribution < -0.4 is 0 Å². The Bertz CT molecular complexity index is 412. The molecule has 0 radical (unpaired) electrons. The van der Waals surface area contributed by atoms with Gasteiger partial charge in [0.15, 0.2) is 0 Å². The highest BCUT2D eigenvalue weighted by atomic mass is 16.5. The summed E-state index contributed by atoms with van der Waals surface area (Å²) in [6, 6.07) is 0. The lowest BCUT2D eigenvalue weighted by Crippen LogP contribution is -2.37. The molecule has 0 amide bonds. The van der Waals surface area contributed by atoms with Crippen LogP contribution in [0.15, 0.2) is 24.3 Å². The van der Waals surface area contributed by atoms with Crippen LogP contribution >= 0.6 is 0 Å². The Morgan fingerprint density at radius 3 is 2.58 bits per heavy atom. The predicted molar refractivity (Wildman–Crippen MR) is 96.5 cm³/mol. The summed E-state index contributed by atoms with van der Waals surface area (Å²) in [7, 11) is 0. The summed E-state index contributed by atoms with van der Waals surface area (Å²) in [5, 5.41) is 27.1. The van der Waals surface area contributed by atoms with E-state index in [1.807, 2.05) is 6.08 Å². The Hall–Kier alpha value is -1.13. The van der Waals surface area contributed by atoms with Gasteiger partial charge in [0.25, 0.3) is 5.79 Å². The number of allylic oxidation sites excluding steroid dienone is 4. The van der Waals surface area contributed by atoms with Crippen LogP contribution in [0.3, 0.4) is 0 Å². The second kappa shape index (κ2) is 11.4. The van der Waals surface area contributed by atoms with E-state index in [0.29, 0.717) is 18.3 Å². The average Bonchev–Trinajstić information content (AvgIpc) is 2.97. The lowest BCUT2D eigenvalue weighted by atomic mass is 9.92. The molecule has 1 aliphatic carbocycles. The number of unbranched alkanes of at least 4 members (excludes halogenated alkanes) is 4. The van der Waals surface area contributed by atoms with Gasteiger partial charge >= 0.3 is 5.97 Å². The topological polar surface area (TPSA) is 77.8 Å². The molecule has 0 heterocycles. The summed E-state index contributed by atoms with van der Waals surface area (Å²) in [6.07, 6.45) is 20.0. The summed E-state index contributed by atoms with van der Waals surface area (Å²) in [5.41, 5.74) is 0. The van der Waals surface area contributed by atoms with E-state index in [1.54, 1.807) is 0 Å². The highest BCUT2D eigenvalue weighted by Gasteiger charge is 2.31. The number of aliphatic hydroxyl groups is 2. The van der Waals surface area contributed by atoms with Gasteiger partial charge in [-0.05, 0) is 50.4 Å². The number of rotatable bonds is 12. The van der Waals surface area contributed by atoms with Crippen LogP contribution in [-0.2, 0) is 4.79 Å². The van der Waals surface area contributed by atoms with Gasteiger partial charge in [0, 0.05) is 6.42 Å². The normalized spacial score (nSPS) is 22.0. The van der Waals surface area contributed by atoms with Gasteiger partial charge in [0.2, 0.25) is 0 Å². The number of carboxylic acid groups (broad SMARTS) is 1. The molecule has 0 aromatic rings. The van der Waals surface area contributed by atoms with Gasteiger partial charge in [0.1, 0.15) is 0 Å². The first-order chi connectivity index (χ1) is 11.5. The Morgan fingerprint density at radius 2 is 1.88 bits per heavy atom. The smallest absolute Gasteiger partial charge is 0.364 e. The molecular weight excluding hydrogens is 304 g/mol. The van der Waals surface area contributed by atoms with Gasteiger partial charge in [-0.25, -0.2) is 4.79 Å². The number of carbonyl (C=O) groups is 1. The van der Waals surface area contributed by atoms with Gasteiger partial charge in [-0.3, -0.25) is 0 Å². The highest BCUT2D eigenvalue weighted by Crippen LogP contribution is 2.35. The van der Waals surface area contributed by atoms with E-state index in [4.69, 9.17) is 5.11 Å². The van der Waals surface area contributed by atoms with Crippen molar-refractivity contribution in [1.82, 2.24) is 0 Å². The second-order valence-electron chi connectivity index (χ2n) is 7.00. The number of hydrogen-bond acceptors (Lipinski definition) is 3. The quantitative estimate of drug-likeness (QED) is 0.280. The van der Waals surface area contributed by atoms with Crippen molar-refractivity contribution >= 4 is 5.97 Å².